The molecule has 1 aromatic heterocycles. The first-order valence-electron chi connectivity index (χ1n) is 8.22. The third kappa shape index (κ3) is 4.52. The number of hydrogen-bond donors (Lipinski definition) is 0. The van der Waals surface area contributed by atoms with Crippen molar-refractivity contribution in [2.24, 2.45) is 7.05 Å². The molecular formula is C19H20ClNO5. The van der Waals surface area contributed by atoms with E-state index < -0.39 is 17.9 Å². The van der Waals surface area contributed by atoms with Crippen LogP contribution in [0.15, 0.2) is 30.5 Å². The topological polar surface area (TPSA) is 74.6 Å². The number of nitrogens with zero attached hydrogens (tertiary/aromatic N) is 1. The number of halogens is 1. The third-order valence-corrected chi connectivity index (χ3v) is 4.06. The van der Waals surface area contributed by atoms with Crippen LogP contribution in [0.1, 0.15) is 45.8 Å². The maximum atomic E-state index is 12.3. The average Bonchev–Trinajstić information content (AvgIpc) is 2.90. The Bertz CT molecular complexity index is 840. The first-order valence-corrected chi connectivity index (χ1v) is 8.59. The highest BCUT2D eigenvalue weighted by Crippen LogP contribution is 2.20. The standard InChI is InChI=1S/C19H20ClNO5/c1-4-12-11-21(3)15(17(12)19(24)25-5-2)10-16(22)26-18(23)13-7-6-8-14(20)9-13/h6-9,11H,4-5,10H2,1-3H3. The summed E-state index contributed by atoms with van der Waals surface area (Å²) in [6.07, 6.45) is 2.16. The van der Waals surface area contributed by atoms with Gasteiger partial charge >= 0.3 is 17.9 Å². The number of hydrogen-bond acceptors (Lipinski definition) is 5. The van der Waals surface area contributed by atoms with Crippen molar-refractivity contribution in [3.8, 4) is 0 Å². The summed E-state index contributed by atoms with van der Waals surface area (Å²) in [6.45, 7) is 3.85. The summed E-state index contributed by atoms with van der Waals surface area (Å²) in [6, 6.07) is 6.12. The molecule has 138 valence electrons. The van der Waals surface area contributed by atoms with E-state index in [1.165, 1.54) is 12.1 Å². The van der Waals surface area contributed by atoms with E-state index in [4.69, 9.17) is 21.1 Å². The van der Waals surface area contributed by atoms with E-state index >= 15 is 0 Å². The minimum absolute atomic E-state index is 0.178. The third-order valence-electron chi connectivity index (χ3n) is 3.82. The summed E-state index contributed by atoms with van der Waals surface area (Å²) in [5.41, 5.74) is 1.75. The lowest BCUT2D eigenvalue weighted by Gasteiger charge is -2.08. The van der Waals surface area contributed by atoms with Crippen molar-refractivity contribution in [3.05, 3.63) is 57.9 Å². The lowest BCUT2D eigenvalue weighted by molar-refractivity contribution is -0.137. The van der Waals surface area contributed by atoms with E-state index in [0.29, 0.717) is 22.7 Å². The zero-order valence-electron chi connectivity index (χ0n) is 14.9. The second-order valence-electron chi connectivity index (χ2n) is 5.61. The van der Waals surface area contributed by atoms with Crippen molar-refractivity contribution in [1.82, 2.24) is 4.57 Å². The molecule has 0 aliphatic heterocycles. The molecule has 0 saturated carbocycles. The summed E-state index contributed by atoms with van der Waals surface area (Å²) in [7, 11) is 1.73. The normalized spacial score (nSPS) is 10.5. The molecule has 0 fully saturated rings. The zero-order chi connectivity index (χ0) is 19.3. The molecule has 2 rings (SSSR count). The Morgan fingerprint density at radius 2 is 1.88 bits per heavy atom. The number of rotatable bonds is 6. The van der Waals surface area contributed by atoms with E-state index in [1.54, 1.807) is 36.9 Å². The number of benzene rings is 1. The predicted octanol–water partition coefficient (Wildman–Crippen LogP) is 3.34. The van der Waals surface area contributed by atoms with E-state index in [9.17, 15) is 14.4 Å². The van der Waals surface area contributed by atoms with Crippen molar-refractivity contribution >= 4 is 29.5 Å². The van der Waals surface area contributed by atoms with Gasteiger partial charge in [-0.2, -0.15) is 0 Å². The van der Waals surface area contributed by atoms with Gasteiger partial charge in [-0.1, -0.05) is 24.6 Å². The number of carbonyl (C=O) groups excluding carboxylic acids is 3. The van der Waals surface area contributed by atoms with Gasteiger partial charge in [-0.05, 0) is 37.1 Å². The first kappa shape index (κ1) is 19.7. The van der Waals surface area contributed by atoms with Gasteiger partial charge in [0, 0.05) is 24.0 Å². The van der Waals surface area contributed by atoms with Gasteiger partial charge in [0.15, 0.2) is 0 Å². The molecule has 1 aromatic carbocycles. The molecule has 6 nitrogen and oxygen atoms in total. The van der Waals surface area contributed by atoms with Gasteiger partial charge in [-0.25, -0.2) is 9.59 Å². The molecule has 0 radical (unpaired) electrons. The minimum Gasteiger partial charge on any atom is -0.462 e. The maximum absolute atomic E-state index is 12.3. The molecule has 0 aliphatic rings. The Labute approximate surface area is 156 Å². The fraction of sp³-hybridized carbons (Fsp3) is 0.316. The molecule has 0 bridgehead atoms. The maximum Gasteiger partial charge on any atom is 0.345 e. The lowest BCUT2D eigenvalue weighted by atomic mass is 10.1. The van der Waals surface area contributed by atoms with E-state index in [1.807, 2.05) is 6.92 Å². The van der Waals surface area contributed by atoms with Crippen molar-refractivity contribution in [3.63, 3.8) is 0 Å². The summed E-state index contributed by atoms with van der Waals surface area (Å²) >= 11 is 5.83. The Hall–Kier alpha value is -2.60. The second-order valence-corrected chi connectivity index (χ2v) is 6.05. The fourth-order valence-electron chi connectivity index (χ4n) is 2.62. The summed E-state index contributed by atoms with van der Waals surface area (Å²) in [4.78, 5) is 36.5. The van der Waals surface area contributed by atoms with Gasteiger partial charge in [-0.3, -0.25) is 4.79 Å². The molecular weight excluding hydrogens is 358 g/mol. The highest BCUT2D eigenvalue weighted by molar-refractivity contribution is 6.30. The minimum atomic E-state index is -0.792. The largest absolute Gasteiger partial charge is 0.462 e. The van der Waals surface area contributed by atoms with Crippen LogP contribution in [-0.4, -0.2) is 29.1 Å². The monoisotopic (exact) mass is 377 g/mol. The van der Waals surface area contributed by atoms with Crippen LogP contribution in [0.3, 0.4) is 0 Å². The van der Waals surface area contributed by atoms with Gasteiger partial charge in [0.1, 0.15) is 0 Å². The molecule has 0 saturated heterocycles. The van der Waals surface area contributed by atoms with E-state index in [-0.39, 0.29) is 18.6 Å². The zero-order valence-corrected chi connectivity index (χ0v) is 15.6. The first-order chi connectivity index (χ1) is 12.4. The SMILES string of the molecule is CCOC(=O)c1c(CC)cn(C)c1CC(=O)OC(=O)c1cccc(Cl)c1. The van der Waals surface area contributed by atoms with Crippen LogP contribution in [0.2, 0.25) is 5.02 Å². The van der Waals surface area contributed by atoms with Gasteiger partial charge < -0.3 is 14.0 Å². The molecule has 0 aliphatic carbocycles. The molecule has 0 spiro atoms. The van der Waals surface area contributed by atoms with Gasteiger partial charge in [0.2, 0.25) is 0 Å². The van der Waals surface area contributed by atoms with Crippen molar-refractivity contribution in [2.45, 2.75) is 26.7 Å². The van der Waals surface area contributed by atoms with Crippen LogP contribution in [0.4, 0.5) is 0 Å². The highest BCUT2D eigenvalue weighted by atomic mass is 35.5. The summed E-state index contributed by atoms with van der Waals surface area (Å²) in [5.74, 6) is -2.04. The Kier molecular flexibility index (Phi) is 6.58. The smallest absolute Gasteiger partial charge is 0.345 e. The van der Waals surface area contributed by atoms with Crippen LogP contribution < -0.4 is 0 Å². The highest BCUT2D eigenvalue weighted by Gasteiger charge is 2.24. The number of carbonyl (C=O) groups is 3. The van der Waals surface area contributed by atoms with Crippen LogP contribution in [0, 0.1) is 0 Å². The second kappa shape index (κ2) is 8.67. The number of ether oxygens (including phenoxy) is 2. The molecule has 0 N–H and O–H groups in total. The molecule has 26 heavy (non-hydrogen) atoms. The molecule has 0 atom stereocenters. The molecule has 1 heterocycles. The fourth-order valence-corrected chi connectivity index (χ4v) is 2.81. The summed E-state index contributed by atoms with van der Waals surface area (Å²) in [5, 5.41) is 0.367. The van der Waals surface area contributed by atoms with Gasteiger partial charge in [0.25, 0.3) is 0 Å². The summed E-state index contributed by atoms with van der Waals surface area (Å²) < 4.78 is 11.6. The number of esters is 3. The van der Waals surface area contributed by atoms with Crippen LogP contribution in [0.5, 0.6) is 0 Å². The van der Waals surface area contributed by atoms with Crippen LogP contribution in [0.25, 0.3) is 0 Å². The number of aromatic nitrogens is 1. The van der Waals surface area contributed by atoms with E-state index in [0.717, 1.165) is 5.56 Å². The Morgan fingerprint density at radius 3 is 2.50 bits per heavy atom. The van der Waals surface area contributed by atoms with Crippen LogP contribution in [-0.2, 0) is 34.2 Å². The van der Waals surface area contributed by atoms with Crippen molar-refractivity contribution < 1.29 is 23.9 Å². The van der Waals surface area contributed by atoms with Gasteiger partial charge in [0.05, 0.1) is 24.2 Å². The van der Waals surface area contributed by atoms with Crippen molar-refractivity contribution in [2.75, 3.05) is 6.61 Å². The van der Waals surface area contributed by atoms with E-state index in [2.05, 4.69) is 0 Å². The Morgan fingerprint density at radius 1 is 1.15 bits per heavy atom. The Balaban J connectivity index is 2.19. The molecule has 2 aromatic rings. The quantitative estimate of drug-likeness (QED) is 0.570. The van der Waals surface area contributed by atoms with Gasteiger partial charge in [-0.15, -0.1) is 0 Å². The van der Waals surface area contributed by atoms with Crippen molar-refractivity contribution in [1.29, 1.82) is 0 Å². The molecule has 7 heteroatoms. The average molecular weight is 378 g/mol. The van der Waals surface area contributed by atoms with Crippen LogP contribution >= 0.6 is 11.6 Å². The number of aryl methyl sites for hydroxylation is 2. The molecule has 0 amide bonds. The molecule has 0 unspecified atom stereocenters. The lowest BCUT2D eigenvalue weighted by Crippen LogP contribution is -2.18. The predicted molar refractivity (Wildman–Crippen MR) is 96.3 cm³/mol.